The van der Waals surface area contributed by atoms with Gasteiger partial charge in [0.1, 0.15) is 0 Å². The lowest BCUT2D eigenvalue weighted by molar-refractivity contribution is 0.571. The highest BCUT2D eigenvalue weighted by molar-refractivity contribution is 5.26. The number of nitrogens with one attached hydrogen (secondary N) is 1. The second kappa shape index (κ2) is 10.1. The molecular weight excluding hydrogens is 220 g/mol. The molecule has 0 fully saturated rings. The first-order chi connectivity index (χ1) is 8.88. The number of hydrogen-bond acceptors (Lipinski definition) is 2. The highest BCUT2D eigenvalue weighted by Gasteiger charge is 1.98. The lowest BCUT2D eigenvalue weighted by atomic mass is 10.1. The van der Waals surface area contributed by atoms with Gasteiger partial charge in [0.25, 0.3) is 0 Å². The van der Waals surface area contributed by atoms with Gasteiger partial charge in [-0.2, -0.15) is 0 Å². The van der Waals surface area contributed by atoms with Crippen LogP contribution in [0.25, 0.3) is 0 Å². The fourth-order valence-corrected chi connectivity index (χ4v) is 2.18. The standard InChI is InChI=1S/C16H28N2/c1-2-3-4-5-6-9-12-18-14-16-11-8-7-10-15(16)13-17/h7-8,10-11,18H,2-6,9,12-14,17H2,1H3. The lowest BCUT2D eigenvalue weighted by Gasteiger charge is -2.09. The normalized spacial score (nSPS) is 10.8. The summed E-state index contributed by atoms with van der Waals surface area (Å²) in [4.78, 5) is 0. The Morgan fingerprint density at radius 2 is 1.61 bits per heavy atom. The van der Waals surface area contributed by atoms with Crippen LogP contribution < -0.4 is 11.1 Å². The Morgan fingerprint density at radius 1 is 0.944 bits per heavy atom. The fraction of sp³-hybridized carbons (Fsp3) is 0.625. The van der Waals surface area contributed by atoms with E-state index in [-0.39, 0.29) is 0 Å². The summed E-state index contributed by atoms with van der Waals surface area (Å²) in [5, 5.41) is 3.51. The van der Waals surface area contributed by atoms with Crippen molar-refractivity contribution in [2.75, 3.05) is 6.54 Å². The average molecular weight is 248 g/mol. The van der Waals surface area contributed by atoms with Crippen LogP contribution in [0.3, 0.4) is 0 Å². The quantitative estimate of drug-likeness (QED) is 0.621. The first-order valence-corrected chi connectivity index (χ1v) is 7.36. The molecule has 0 aromatic heterocycles. The van der Waals surface area contributed by atoms with Gasteiger partial charge in [-0.1, -0.05) is 63.3 Å². The Labute approximate surface area is 112 Å². The van der Waals surface area contributed by atoms with E-state index < -0.39 is 0 Å². The van der Waals surface area contributed by atoms with Crippen molar-refractivity contribution in [3.8, 4) is 0 Å². The zero-order valence-electron chi connectivity index (χ0n) is 11.8. The summed E-state index contributed by atoms with van der Waals surface area (Å²) >= 11 is 0. The minimum atomic E-state index is 0.634. The monoisotopic (exact) mass is 248 g/mol. The summed E-state index contributed by atoms with van der Waals surface area (Å²) in [6.45, 7) is 4.96. The van der Waals surface area contributed by atoms with Crippen LogP contribution in [0.1, 0.15) is 56.6 Å². The molecule has 18 heavy (non-hydrogen) atoms. The Balaban J connectivity index is 2.07. The van der Waals surface area contributed by atoms with Crippen LogP contribution in [0.15, 0.2) is 24.3 Å². The number of nitrogens with two attached hydrogens (primary N) is 1. The summed E-state index contributed by atoms with van der Waals surface area (Å²) in [5.74, 6) is 0. The van der Waals surface area contributed by atoms with Crippen LogP contribution in [-0.4, -0.2) is 6.54 Å². The van der Waals surface area contributed by atoms with Gasteiger partial charge in [-0.15, -0.1) is 0 Å². The SMILES string of the molecule is CCCCCCCCNCc1ccccc1CN. The van der Waals surface area contributed by atoms with Crippen LogP contribution >= 0.6 is 0 Å². The van der Waals surface area contributed by atoms with Gasteiger partial charge in [0.15, 0.2) is 0 Å². The molecule has 0 atom stereocenters. The van der Waals surface area contributed by atoms with E-state index in [2.05, 4.69) is 36.5 Å². The third-order valence-corrected chi connectivity index (χ3v) is 3.36. The second-order valence-corrected chi connectivity index (χ2v) is 4.92. The maximum Gasteiger partial charge on any atom is 0.0208 e. The number of rotatable bonds is 10. The van der Waals surface area contributed by atoms with E-state index in [0.29, 0.717) is 6.54 Å². The van der Waals surface area contributed by atoms with Gasteiger partial charge in [-0.05, 0) is 24.1 Å². The van der Waals surface area contributed by atoms with E-state index in [9.17, 15) is 0 Å². The smallest absolute Gasteiger partial charge is 0.0208 e. The van der Waals surface area contributed by atoms with Crippen molar-refractivity contribution in [1.82, 2.24) is 5.32 Å². The largest absolute Gasteiger partial charge is 0.326 e. The third kappa shape index (κ3) is 6.18. The van der Waals surface area contributed by atoms with Gasteiger partial charge in [0.2, 0.25) is 0 Å². The number of hydrogen-bond donors (Lipinski definition) is 2. The Hall–Kier alpha value is -0.860. The van der Waals surface area contributed by atoms with Gasteiger partial charge >= 0.3 is 0 Å². The van der Waals surface area contributed by atoms with E-state index in [4.69, 9.17) is 5.73 Å². The predicted molar refractivity (Wildman–Crippen MR) is 79.4 cm³/mol. The zero-order valence-corrected chi connectivity index (χ0v) is 11.8. The van der Waals surface area contributed by atoms with Crippen molar-refractivity contribution in [3.05, 3.63) is 35.4 Å². The van der Waals surface area contributed by atoms with Crippen molar-refractivity contribution >= 4 is 0 Å². The van der Waals surface area contributed by atoms with Crippen LogP contribution in [0.4, 0.5) is 0 Å². The molecule has 0 bridgehead atoms. The summed E-state index contributed by atoms with van der Waals surface area (Å²) in [6, 6.07) is 8.42. The summed E-state index contributed by atoms with van der Waals surface area (Å²) < 4.78 is 0. The molecule has 0 saturated heterocycles. The molecule has 2 nitrogen and oxygen atoms in total. The summed E-state index contributed by atoms with van der Waals surface area (Å²) in [7, 11) is 0. The maximum atomic E-state index is 5.72. The number of unbranched alkanes of at least 4 members (excludes halogenated alkanes) is 5. The second-order valence-electron chi connectivity index (χ2n) is 4.92. The molecule has 102 valence electrons. The first-order valence-electron chi connectivity index (χ1n) is 7.36. The third-order valence-electron chi connectivity index (χ3n) is 3.36. The molecule has 3 N–H and O–H groups in total. The Bertz CT molecular complexity index is 310. The van der Waals surface area contributed by atoms with Gasteiger partial charge in [-0.25, -0.2) is 0 Å². The summed E-state index contributed by atoms with van der Waals surface area (Å²) in [5.41, 5.74) is 8.32. The van der Waals surface area contributed by atoms with Crippen molar-refractivity contribution in [1.29, 1.82) is 0 Å². The topological polar surface area (TPSA) is 38.0 Å². The molecule has 0 saturated carbocycles. The molecule has 0 amide bonds. The van der Waals surface area contributed by atoms with Gasteiger partial charge in [0.05, 0.1) is 0 Å². The minimum Gasteiger partial charge on any atom is -0.326 e. The van der Waals surface area contributed by atoms with Crippen LogP contribution in [0.2, 0.25) is 0 Å². The van der Waals surface area contributed by atoms with Crippen molar-refractivity contribution in [2.24, 2.45) is 5.73 Å². The highest BCUT2D eigenvalue weighted by Crippen LogP contribution is 2.08. The molecular formula is C16H28N2. The van der Waals surface area contributed by atoms with E-state index in [0.717, 1.165) is 13.1 Å². The van der Waals surface area contributed by atoms with E-state index in [1.807, 2.05) is 0 Å². The van der Waals surface area contributed by atoms with E-state index in [1.165, 1.54) is 49.7 Å². The predicted octanol–water partition coefficient (Wildman–Crippen LogP) is 3.60. The fourth-order valence-electron chi connectivity index (χ4n) is 2.18. The molecule has 1 rings (SSSR count). The molecule has 2 heteroatoms. The molecule has 0 aliphatic heterocycles. The van der Waals surface area contributed by atoms with Gasteiger partial charge < -0.3 is 11.1 Å². The molecule has 0 radical (unpaired) electrons. The molecule has 0 heterocycles. The molecule has 1 aromatic rings. The van der Waals surface area contributed by atoms with Crippen LogP contribution in [0.5, 0.6) is 0 Å². The molecule has 0 aliphatic carbocycles. The van der Waals surface area contributed by atoms with Crippen LogP contribution in [-0.2, 0) is 13.1 Å². The Kier molecular flexibility index (Phi) is 8.53. The number of benzene rings is 1. The van der Waals surface area contributed by atoms with Gasteiger partial charge in [0, 0.05) is 13.1 Å². The first kappa shape index (κ1) is 15.2. The highest BCUT2D eigenvalue weighted by atomic mass is 14.8. The Morgan fingerprint density at radius 3 is 2.33 bits per heavy atom. The maximum absolute atomic E-state index is 5.72. The lowest BCUT2D eigenvalue weighted by Crippen LogP contribution is -2.16. The van der Waals surface area contributed by atoms with Crippen molar-refractivity contribution < 1.29 is 0 Å². The van der Waals surface area contributed by atoms with Crippen molar-refractivity contribution in [2.45, 2.75) is 58.5 Å². The van der Waals surface area contributed by atoms with E-state index in [1.54, 1.807) is 0 Å². The van der Waals surface area contributed by atoms with E-state index >= 15 is 0 Å². The minimum absolute atomic E-state index is 0.634. The zero-order chi connectivity index (χ0) is 13.1. The van der Waals surface area contributed by atoms with Crippen LogP contribution in [0, 0.1) is 0 Å². The summed E-state index contributed by atoms with van der Waals surface area (Å²) in [6.07, 6.45) is 8.13. The molecule has 0 aliphatic rings. The molecule has 0 unspecified atom stereocenters. The van der Waals surface area contributed by atoms with Gasteiger partial charge in [-0.3, -0.25) is 0 Å². The average Bonchev–Trinajstić information content (AvgIpc) is 2.42. The molecule has 0 spiro atoms. The molecule has 1 aromatic carbocycles. The van der Waals surface area contributed by atoms with Crippen molar-refractivity contribution in [3.63, 3.8) is 0 Å².